The van der Waals surface area contributed by atoms with Gasteiger partial charge in [0.2, 0.25) is 0 Å². The number of benzene rings is 3. The Morgan fingerprint density at radius 2 is 1.52 bits per heavy atom. The van der Waals surface area contributed by atoms with Crippen molar-refractivity contribution in [1.29, 1.82) is 0 Å². The first-order chi connectivity index (χ1) is 10.3. The third-order valence-electron chi connectivity index (χ3n) is 3.88. The largest absolute Gasteiger partial charge is 0.126 e. The fraction of sp³-hybridized carbons (Fsp3) is 0.158. The fourth-order valence-electron chi connectivity index (χ4n) is 2.79. The smallest absolute Gasteiger partial charge is 0.0441 e. The maximum atomic E-state index is 6.32. The lowest BCUT2D eigenvalue weighted by Gasteiger charge is -2.17. The quantitative estimate of drug-likeness (QED) is 0.513. The normalized spacial score (nSPS) is 12.5. The highest BCUT2D eigenvalue weighted by Crippen LogP contribution is 2.30. The summed E-state index contributed by atoms with van der Waals surface area (Å²) in [5.41, 5.74) is 2.45. The summed E-state index contributed by atoms with van der Waals surface area (Å²) in [5, 5.41) is 3.35. The molecule has 106 valence electrons. The molecule has 21 heavy (non-hydrogen) atoms. The summed E-state index contributed by atoms with van der Waals surface area (Å²) in [5.74, 6) is 0.790. The van der Waals surface area contributed by atoms with Crippen molar-refractivity contribution in [3.63, 3.8) is 0 Å². The van der Waals surface area contributed by atoms with Crippen LogP contribution in [0.3, 0.4) is 0 Å². The van der Waals surface area contributed by atoms with E-state index in [2.05, 4.69) is 48.5 Å². The monoisotopic (exact) mass is 314 g/mol. The van der Waals surface area contributed by atoms with Crippen LogP contribution in [-0.4, -0.2) is 5.88 Å². The minimum atomic E-state index is 0.228. The molecule has 0 N–H and O–H groups in total. The standard InChI is InChI=1S/C19H16Cl2/c20-13-16(18-10-3-4-11-19(18)21)12-15-8-5-7-14-6-1-2-9-17(14)15/h1-11,16H,12-13H2. The second-order valence-corrected chi connectivity index (χ2v) is 5.93. The topological polar surface area (TPSA) is 0 Å². The lowest BCUT2D eigenvalue weighted by atomic mass is 9.91. The Labute approximate surface area is 135 Å². The minimum Gasteiger partial charge on any atom is -0.126 e. The van der Waals surface area contributed by atoms with Gasteiger partial charge in [0.1, 0.15) is 0 Å². The van der Waals surface area contributed by atoms with Crippen LogP contribution < -0.4 is 0 Å². The first-order valence-corrected chi connectivity index (χ1v) is 7.98. The number of fused-ring (bicyclic) bond motifs is 1. The summed E-state index contributed by atoms with van der Waals surface area (Å²) in [7, 11) is 0. The van der Waals surface area contributed by atoms with Crippen LogP contribution in [-0.2, 0) is 6.42 Å². The van der Waals surface area contributed by atoms with E-state index in [0.717, 1.165) is 17.0 Å². The Morgan fingerprint density at radius 1 is 0.810 bits per heavy atom. The van der Waals surface area contributed by atoms with Gasteiger partial charge < -0.3 is 0 Å². The van der Waals surface area contributed by atoms with E-state index in [4.69, 9.17) is 23.2 Å². The summed E-state index contributed by atoms with van der Waals surface area (Å²) >= 11 is 12.5. The molecule has 0 heterocycles. The zero-order valence-corrected chi connectivity index (χ0v) is 13.1. The maximum absolute atomic E-state index is 6.32. The van der Waals surface area contributed by atoms with Crippen molar-refractivity contribution in [2.24, 2.45) is 0 Å². The Bertz CT molecular complexity index is 744. The lowest BCUT2D eigenvalue weighted by molar-refractivity contribution is 0.771. The number of hydrogen-bond donors (Lipinski definition) is 0. The molecule has 2 heteroatoms. The zero-order valence-electron chi connectivity index (χ0n) is 11.6. The zero-order chi connectivity index (χ0) is 14.7. The molecule has 1 unspecified atom stereocenters. The van der Waals surface area contributed by atoms with E-state index in [0.29, 0.717) is 5.88 Å². The van der Waals surface area contributed by atoms with E-state index in [1.54, 1.807) is 0 Å². The summed E-state index contributed by atoms with van der Waals surface area (Å²) in [6, 6.07) is 22.9. The summed E-state index contributed by atoms with van der Waals surface area (Å²) < 4.78 is 0. The molecule has 0 bridgehead atoms. The second-order valence-electron chi connectivity index (χ2n) is 5.22. The van der Waals surface area contributed by atoms with Gasteiger partial charge in [0.15, 0.2) is 0 Å². The van der Waals surface area contributed by atoms with Crippen LogP contribution in [0.1, 0.15) is 17.0 Å². The molecule has 0 saturated heterocycles. The SMILES string of the molecule is ClCC(Cc1cccc2ccccc12)c1ccccc1Cl. The van der Waals surface area contributed by atoms with E-state index in [9.17, 15) is 0 Å². The molecule has 3 aromatic carbocycles. The van der Waals surface area contributed by atoms with Gasteiger partial charge in [0.25, 0.3) is 0 Å². The summed E-state index contributed by atoms with van der Waals surface area (Å²) in [6.45, 7) is 0. The van der Waals surface area contributed by atoms with Gasteiger partial charge in [-0.25, -0.2) is 0 Å². The van der Waals surface area contributed by atoms with Gasteiger partial charge in [0, 0.05) is 16.8 Å². The van der Waals surface area contributed by atoms with Crippen LogP contribution in [0.2, 0.25) is 5.02 Å². The third kappa shape index (κ3) is 3.07. The van der Waals surface area contributed by atoms with Crippen LogP contribution >= 0.6 is 23.2 Å². The van der Waals surface area contributed by atoms with Gasteiger partial charge in [-0.1, -0.05) is 72.3 Å². The molecule has 0 aromatic heterocycles. The van der Waals surface area contributed by atoms with Crippen molar-refractivity contribution in [2.75, 3.05) is 5.88 Å². The maximum Gasteiger partial charge on any atom is 0.0441 e. The van der Waals surface area contributed by atoms with E-state index in [1.165, 1.54) is 16.3 Å². The van der Waals surface area contributed by atoms with Crippen molar-refractivity contribution < 1.29 is 0 Å². The Balaban J connectivity index is 1.98. The van der Waals surface area contributed by atoms with E-state index < -0.39 is 0 Å². The van der Waals surface area contributed by atoms with Crippen molar-refractivity contribution >= 4 is 34.0 Å². The highest BCUT2D eigenvalue weighted by molar-refractivity contribution is 6.31. The van der Waals surface area contributed by atoms with Crippen LogP contribution in [0.4, 0.5) is 0 Å². The Morgan fingerprint density at radius 3 is 2.33 bits per heavy atom. The van der Waals surface area contributed by atoms with Gasteiger partial charge in [-0.15, -0.1) is 11.6 Å². The van der Waals surface area contributed by atoms with Crippen molar-refractivity contribution in [3.05, 3.63) is 82.9 Å². The fourth-order valence-corrected chi connectivity index (χ4v) is 3.36. The number of hydrogen-bond acceptors (Lipinski definition) is 0. The molecule has 3 rings (SSSR count). The van der Waals surface area contributed by atoms with Gasteiger partial charge >= 0.3 is 0 Å². The highest BCUT2D eigenvalue weighted by Gasteiger charge is 2.15. The number of alkyl halides is 1. The van der Waals surface area contributed by atoms with Crippen molar-refractivity contribution in [3.8, 4) is 0 Å². The Hall–Kier alpha value is -1.50. The van der Waals surface area contributed by atoms with Gasteiger partial charge in [-0.3, -0.25) is 0 Å². The molecule has 1 atom stereocenters. The van der Waals surface area contributed by atoms with Crippen LogP contribution in [0.5, 0.6) is 0 Å². The molecule has 0 saturated carbocycles. The van der Waals surface area contributed by atoms with Gasteiger partial charge in [-0.05, 0) is 34.4 Å². The average molecular weight is 315 g/mol. The van der Waals surface area contributed by atoms with E-state index >= 15 is 0 Å². The first kappa shape index (κ1) is 14.4. The van der Waals surface area contributed by atoms with Crippen molar-refractivity contribution in [2.45, 2.75) is 12.3 Å². The van der Waals surface area contributed by atoms with Crippen LogP contribution in [0.25, 0.3) is 10.8 Å². The molecule has 0 amide bonds. The molecule has 3 aromatic rings. The second kappa shape index (κ2) is 6.51. The third-order valence-corrected chi connectivity index (χ3v) is 4.59. The average Bonchev–Trinajstić information content (AvgIpc) is 2.53. The molecular formula is C19H16Cl2. The van der Waals surface area contributed by atoms with E-state index in [-0.39, 0.29) is 5.92 Å². The lowest BCUT2D eigenvalue weighted by Crippen LogP contribution is -2.06. The first-order valence-electron chi connectivity index (χ1n) is 7.06. The highest BCUT2D eigenvalue weighted by atomic mass is 35.5. The molecule has 0 aliphatic rings. The molecule has 0 spiro atoms. The predicted octanol–water partition coefficient (Wildman–Crippen LogP) is 6.06. The molecule has 0 nitrogen and oxygen atoms in total. The minimum absolute atomic E-state index is 0.228. The Kier molecular flexibility index (Phi) is 4.48. The van der Waals surface area contributed by atoms with E-state index in [1.807, 2.05) is 18.2 Å². The molecular weight excluding hydrogens is 299 g/mol. The summed E-state index contributed by atoms with van der Waals surface area (Å²) in [4.78, 5) is 0. The van der Waals surface area contributed by atoms with Gasteiger partial charge in [0.05, 0.1) is 0 Å². The van der Waals surface area contributed by atoms with Crippen LogP contribution in [0, 0.1) is 0 Å². The van der Waals surface area contributed by atoms with Crippen LogP contribution in [0.15, 0.2) is 66.7 Å². The number of halogens is 2. The summed E-state index contributed by atoms with van der Waals surface area (Å²) in [6.07, 6.45) is 0.897. The molecule has 0 aliphatic carbocycles. The predicted molar refractivity (Wildman–Crippen MR) is 92.6 cm³/mol. The molecule has 0 aliphatic heterocycles. The molecule has 0 radical (unpaired) electrons. The van der Waals surface area contributed by atoms with Crippen molar-refractivity contribution in [1.82, 2.24) is 0 Å². The number of rotatable bonds is 4. The molecule has 0 fully saturated rings. The van der Waals surface area contributed by atoms with Gasteiger partial charge in [-0.2, -0.15) is 0 Å².